The molecule has 2 nitrogen and oxygen atoms in total. The highest BCUT2D eigenvalue weighted by Gasteiger charge is 2.21. The van der Waals surface area contributed by atoms with Crippen LogP contribution in [-0.2, 0) is 5.41 Å². The van der Waals surface area contributed by atoms with Gasteiger partial charge in [0.25, 0.3) is 0 Å². The molecule has 0 fully saturated rings. The third-order valence-electron chi connectivity index (χ3n) is 3.95. The van der Waals surface area contributed by atoms with Crippen LogP contribution in [0, 0.1) is 0 Å². The average Bonchev–Trinajstić information content (AvgIpc) is 2.42. The molecule has 0 radical (unpaired) electrons. The number of rotatable bonds is 1. The molecular formula is C18H19BO2. The molecule has 0 spiro atoms. The van der Waals surface area contributed by atoms with Gasteiger partial charge < -0.3 is 10.0 Å². The monoisotopic (exact) mass is 278 g/mol. The van der Waals surface area contributed by atoms with Gasteiger partial charge in [-0.3, -0.25) is 0 Å². The van der Waals surface area contributed by atoms with Crippen molar-refractivity contribution < 1.29 is 10.0 Å². The highest BCUT2D eigenvalue weighted by molar-refractivity contribution is 6.59. The van der Waals surface area contributed by atoms with E-state index in [2.05, 4.69) is 45.0 Å². The summed E-state index contributed by atoms with van der Waals surface area (Å²) in [6.07, 6.45) is 0. The maximum absolute atomic E-state index is 9.54. The molecule has 0 aliphatic carbocycles. The first-order valence-electron chi connectivity index (χ1n) is 7.19. The SMILES string of the molecule is CC(C)(C)c1cc(B(O)O)cc2cc3ccccc3cc12. The zero-order valence-electron chi connectivity index (χ0n) is 12.6. The second-order valence-corrected chi connectivity index (χ2v) is 6.61. The van der Waals surface area contributed by atoms with Crippen LogP contribution in [0.3, 0.4) is 0 Å². The van der Waals surface area contributed by atoms with Crippen molar-refractivity contribution in [3.8, 4) is 0 Å². The summed E-state index contributed by atoms with van der Waals surface area (Å²) in [4.78, 5) is 0. The summed E-state index contributed by atoms with van der Waals surface area (Å²) >= 11 is 0. The Morgan fingerprint density at radius 2 is 1.43 bits per heavy atom. The first-order valence-corrected chi connectivity index (χ1v) is 7.19. The van der Waals surface area contributed by atoms with Gasteiger partial charge in [0.1, 0.15) is 0 Å². The van der Waals surface area contributed by atoms with Crippen molar-refractivity contribution in [2.45, 2.75) is 26.2 Å². The van der Waals surface area contributed by atoms with Crippen molar-refractivity contribution in [1.29, 1.82) is 0 Å². The standard InChI is InChI=1S/C18H19BO2/c1-18(2,3)17-11-15(19(20)21)9-14-8-12-6-4-5-7-13(12)10-16(14)17/h4-11,20-21H,1-3H3. The smallest absolute Gasteiger partial charge is 0.423 e. The normalized spacial score (nSPS) is 12.0. The highest BCUT2D eigenvalue weighted by atomic mass is 16.4. The van der Waals surface area contributed by atoms with Gasteiger partial charge in [-0.15, -0.1) is 0 Å². The lowest BCUT2D eigenvalue weighted by Crippen LogP contribution is -2.31. The summed E-state index contributed by atoms with van der Waals surface area (Å²) in [6.45, 7) is 6.43. The Kier molecular flexibility index (Phi) is 3.27. The fourth-order valence-electron chi connectivity index (χ4n) is 2.85. The first kappa shape index (κ1) is 14.1. The summed E-state index contributed by atoms with van der Waals surface area (Å²) in [5, 5.41) is 23.7. The van der Waals surface area contributed by atoms with Crippen LogP contribution >= 0.6 is 0 Å². The van der Waals surface area contributed by atoms with Crippen molar-refractivity contribution in [2.24, 2.45) is 0 Å². The van der Waals surface area contributed by atoms with E-state index in [0.29, 0.717) is 5.46 Å². The molecule has 2 N–H and O–H groups in total. The van der Waals surface area contributed by atoms with E-state index >= 15 is 0 Å². The molecule has 0 aliphatic heterocycles. The minimum absolute atomic E-state index is 0.0639. The van der Waals surface area contributed by atoms with E-state index in [4.69, 9.17) is 0 Å². The molecule has 0 saturated carbocycles. The van der Waals surface area contributed by atoms with Gasteiger partial charge in [0.15, 0.2) is 0 Å². The number of benzene rings is 3. The minimum Gasteiger partial charge on any atom is -0.423 e. The van der Waals surface area contributed by atoms with E-state index in [-0.39, 0.29) is 5.41 Å². The first-order chi connectivity index (χ1) is 9.86. The van der Waals surface area contributed by atoms with Crippen molar-refractivity contribution in [3.63, 3.8) is 0 Å². The Hall–Kier alpha value is -1.84. The Morgan fingerprint density at radius 1 is 0.810 bits per heavy atom. The summed E-state index contributed by atoms with van der Waals surface area (Å²) in [6, 6.07) is 16.3. The van der Waals surface area contributed by atoms with E-state index < -0.39 is 7.12 Å². The van der Waals surface area contributed by atoms with E-state index in [1.807, 2.05) is 24.3 Å². The largest absolute Gasteiger partial charge is 0.488 e. The molecule has 3 aromatic carbocycles. The molecule has 0 amide bonds. The van der Waals surface area contributed by atoms with Gasteiger partial charge in [-0.05, 0) is 50.1 Å². The predicted octanol–water partition coefficient (Wildman–Crippen LogP) is 2.97. The van der Waals surface area contributed by atoms with Crippen LogP contribution in [0.15, 0.2) is 48.5 Å². The van der Waals surface area contributed by atoms with E-state index in [1.165, 1.54) is 10.8 Å². The molecule has 0 saturated heterocycles. The molecule has 106 valence electrons. The second kappa shape index (κ2) is 4.87. The maximum atomic E-state index is 9.54. The van der Waals surface area contributed by atoms with Crippen molar-refractivity contribution >= 4 is 34.1 Å². The van der Waals surface area contributed by atoms with Gasteiger partial charge in [0.05, 0.1) is 0 Å². The molecule has 0 bridgehead atoms. The average molecular weight is 278 g/mol. The van der Waals surface area contributed by atoms with Crippen LogP contribution in [-0.4, -0.2) is 17.2 Å². The predicted molar refractivity (Wildman–Crippen MR) is 90.0 cm³/mol. The number of hydrogen-bond donors (Lipinski definition) is 2. The molecule has 3 aromatic rings. The van der Waals surface area contributed by atoms with Gasteiger partial charge in [-0.1, -0.05) is 57.2 Å². The zero-order chi connectivity index (χ0) is 15.2. The molecule has 3 heteroatoms. The summed E-state index contributed by atoms with van der Waals surface area (Å²) in [7, 11) is -1.44. The van der Waals surface area contributed by atoms with Crippen LogP contribution in [0.5, 0.6) is 0 Å². The van der Waals surface area contributed by atoms with Crippen LogP contribution in [0.25, 0.3) is 21.5 Å². The molecule has 0 heterocycles. The third-order valence-corrected chi connectivity index (χ3v) is 3.95. The van der Waals surface area contributed by atoms with Crippen LogP contribution < -0.4 is 5.46 Å². The lowest BCUT2D eigenvalue weighted by molar-refractivity contribution is 0.425. The topological polar surface area (TPSA) is 40.5 Å². The van der Waals surface area contributed by atoms with Gasteiger partial charge in [-0.2, -0.15) is 0 Å². The lowest BCUT2D eigenvalue weighted by atomic mass is 9.74. The highest BCUT2D eigenvalue weighted by Crippen LogP contribution is 2.32. The molecule has 0 unspecified atom stereocenters. The summed E-state index contributed by atoms with van der Waals surface area (Å²) in [5.41, 5.74) is 1.61. The van der Waals surface area contributed by atoms with E-state index in [1.54, 1.807) is 0 Å². The third kappa shape index (κ3) is 2.55. The zero-order valence-corrected chi connectivity index (χ0v) is 12.6. The second-order valence-electron chi connectivity index (χ2n) is 6.61. The lowest BCUT2D eigenvalue weighted by Gasteiger charge is -2.23. The Bertz CT molecular complexity index is 816. The maximum Gasteiger partial charge on any atom is 0.488 e. The van der Waals surface area contributed by atoms with Gasteiger partial charge in [0, 0.05) is 0 Å². The van der Waals surface area contributed by atoms with Crippen molar-refractivity contribution in [2.75, 3.05) is 0 Å². The quantitative estimate of drug-likeness (QED) is 0.530. The fourth-order valence-corrected chi connectivity index (χ4v) is 2.85. The van der Waals surface area contributed by atoms with E-state index in [0.717, 1.165) is 16.3 Å². The summed E-state index contributed by atoms with van der Waals surface area (Å²) < 4.78 is 0. The molecular weight excluding hydrogens is 259 g/mol. The van der Waals surface area contributed by atoms with Crippen molar-refractivity contribution in [3.05, 3.63) is 54.1 Å². The van der Waals surface area contributed by atoms with Crippen LogP contribution in [0.4, 0.5) is 0 Å². The number of hydrogen-bond acceptors (Lipinski definition) is 2. The number of fused-ring (bicyclic) bond motifs is 2. The molecule has 21 heavy (non-hydrogen) atoms. The fraction of sp³-hybridized carbons (Fsp3) is 0.222. The Morgan fingerprint density at radius 3 is 2.00 bits per heavy atom. The van der Waals surface area contributed by atoms with Gasteiger partial charge in [-0.25, -0.2) is 0 Å². The van der Waals surface area contributed by atoms with Crippen LogP contribution in [0.2, 0.25) is 0 Å². The van der Waals surface area contributed by atoms with Gasteiger partial charge >= 0.3 is 7.12 Å². The van der Waals surface area contributed by atoms with E-state index in [9.17, 15) is 10.0 Å². The molecule has 3 rings (SSSR count). The Labute approximate surface area is 125 Å². The molecule has 0 atom stereocenters. The van der Waals surface area contributed by atoms with Gasteiger partial charge in [0.2, 0.25) is 0 Å². The molecule has 0 aliphatic rings. The minimum atomic E-state index is -1.44. The van der Waals surface area contributed by atoms with Crippen LogP contribution in [0.1, 0.15) is 26.3 Å². The van der Waals surface area contributed by atoms with Crippen molar-refractivity contribution in [1.82, 2.24) is 0 Å². The Balaban J connectivity index is 2.43. The molecule has 0 aromatic heterocycles. The summed E-state index contributed by atoms with van der Waals surface area (Å²) in [5.74, 6) is 0.